The maximum Gasteiger partial charge on any atom is 0.0614 e. The summed E-state index contributed by atoms with van der Waals surface area (Å²) in [6, 6.07) is 0. The molecule has 2 rings (SSSR count). The van der Waals surface area contributed by atoms with E-state index in [2.05, 4.69) is 34.3 Å². The molecule has 0 aromatic heterocycles. The summed E-state index contributed by atoms with van der Waals surface area (Å²) in [6.07, 6.45) is 8.19. The van der Waals surface area contributed by atoms with Gasteiger partial charge in [-0.1, -0.05) is 44.6 Å². The maximum absolute atomic E-state index is 10.5. The van der Waals surface area contributed by atoms with Gasteiger partial charge in [-0.3, -0.25) is 0 Å². The fourth-order valence-corrected chi connectivity index (χ4v) is 5.33. The predicted molar refractivity (Wildman–Crippen MR) is 92.6 cm³/mol. The third-order valence-corrected chi connectivity index (χ3v) is 6.82. The highest BCUT2D eigenvalue weighted by atomic mass is 16.3. The Bertz CT molecular complexity index is 449. The summed E-state index contributed by atoms with van der Waals surface area (Å²) in [4.78, 5) is 0. The number of hydrogen-bond donors (Lipinski definition) is 2. The molecule has 0 bridgehead atoms. The molecular formula is C20H34O2. The minimum Gasteiger partial charge on any atom is -0.393 e. The van der Waals surface area contributed by atoms with Gasteiger partial charge in [0.15, 0.2) is 0 Å². The summed E-state index contributed by atoms with van der Waals surface area (Å²) in [5.41, 5.74) is 2.94. The molecule has 2 heteroatoms. The van der Waals surface area contributed by atoms with Crippen LogP contribution in [0.1, 0.15) is 66.2 Å². The van der Waals surface area contributed by atoms with E-state index in [0.29, 0.717) is 11.8 Å². The van der Waals surface area contributed by atoms with Gasteiger partial charge in [-0.2, -0.15) is 0 Å². The number of allylic oxidation sites excluding steroid dienone is 2. The average Bonchev–Trinajstić information content (AvgIpc) is 2.43. The Hall–Kier alpha value is -0.600. The van der Waals surface area contributed by atoms with Crippen LogP contribution in [0.2, 0.25) is 0 Å². The van der Waals surface area contributed by atoms with E-state index in [1.165, 1.54) is 17.6 Å². The third-order valence-electron chi connectivity index (χ3n) is 6.82. The van der Waals surface area contributed by atoms with E-state index in [9.17, 15) is 5.11 Å². The quantitative estimate of drug-likeness (QED) is 0.752. The number of aliphatic hydroxyl groups excluding tert-OH is 2. The van der Waals surface area contributed by atoms with Crippen LogP contribution < -0.4 is 0 Å². The summed E-state index contributed by atoms with van der Waals surface area (Å²) in [6.45, 7) is 13.6. The molecule has 126 valence electrons. The second-order valence-corrected chi connectivity index (χ2v) is 8.46. The molecule has 0 saturated heterocycles. The first-order valence-electron chi connectivity index (χ1n) is 8.85. The smallest absolute Gasteiger partial charge is 0.0614 e. The van der Waals surface area contributed by atoms with Crippen molar-refractivity contribution in [2.75, 3.05) is 6.61 Å². The molecule has 0 aliphatic heterocycles. The Kier molecular flexibility index (Phi) is 5.23. The van der Waals surface area contributed by atoms with Crippen molar-refractivity contribution in [1.29, 1.82) is 0 Å². The Morgan fingerprint density at radius 1 is 1.32 bits per heavy atom. The Morgan fingerprint density at radius 3 is 2.64 bits per heavy atom. The summed E-state index contributed by atoms with van der Waals surface area (Å²) < 4.78 is 0. The molecular weight excluding hydrogens is 272 g/mol. The van der Waals surface area contributed by atoms with Crippen molar-refractivity contribution < 1.29 is 10.2 Å². The first-order chi connectivity index (χ1) is 10.2. The Morgan fingerprint density at radius 2 is 2.00 bits per heavy atom. The van der Waals surface area contributed by atoms with Gasteiger partial charge in [0.25, 0.3) is 0 Å². The van der Waals surface area contributed by atoms with Gasteiger partial charge in [-0.25, -0.2) is 0 Å². The molecule has 2 aliphatic rings. The molecule has 2 saturated carbocycles. The number of hydrogen-bond acceptors (Lipinski definition) is 2. The van der Waals surface area contributed by atoms with Gasteiger partial charge >= 0.3 is 0 Å². The Balaban J connectivity index is 2.21. The molecule has 0 aromatic rings. The molecule has 0 amide bonds. The largest absolute Gasteiger partial charge is 0.393 e. The van der Waals surface area contributed by atoms with Crippen LogP contribution in [-0.4, -0.2) is 22.9 Å². The summed E-state index contributed by atoms with van der Waals surface area (Å²) in [5, 5.41) is 19.5. The summed E-state index contributed by atoms with van der Waals surface area (Å²) in [7, 11) is 0. The lowest BCUT2D eigenvalue weighted by Gasteiger charge is -2.59. The lowest BCUT2D eigenvalue weighted by atomic mass is 9.46. The molecule has 0 unspecified atom stereocenters. The van der Waals surface area contributed by atoms with Gasteiger partial charge in [0.1, 0.15) is 0 Å². The lowest BCUT2D eigenvalue weighted by Crippen LogP contribution is -2.54. The van der Waals surface area contributed by atoms with Gasteiger partial charge in [-0.05, 0) is 68.1 Å². The zero-order chi connectivity index (χ0) is 16.5. The lowest BCUT2D eigenvalue weighted by molar-refractivity contribution is -0.124. The first kappa shape index (κ1) is 17.7. The topological polar surface area (TPSA) is 40.5 Å². The van der Waals surface area contributed by atoms with Crippen LogP contribution in [-0.2, 0) is 0 Å². The van der Waals surface area contributed by atoms with Gasteiger partial charge in [0, 0.05) is 0 Å². The summed E-state index contributed by atoms with van der Waals surface area (Å²) in [5.74, 6) is 1.11. The Labute approximate surface area is 136 Å². The number of aliphatic hydroxyl groups is 2. The van der Waals surface area contributed by atoms with E-state index in [1.54, 1.807) is 0 Å². The molecule has 0 radical (unpaired) electrons. The average molecular weight is 306 g/mol. The monoisotopic (exact) mass is 306 g/mol. The van der Waals surface area contributed by atoms with E-state index >= 15 is 0 Å². The van der Waals surface area contributed by atoms with E-state index in [0.717, 1.165) is 32.1 Å². The van der Waals surface area contributed by atoms with Crippen molar-refractivity contribution in [2.24, 2.45) is 22.7 Å². The molecule has 0 aromatic carbocycles. The van der Waals surface area contributed by atoms with Gasteiger partial charge in [-0.15, -0.1) is 0 Å². The summed E-state index contributed by atoms with van der Waals surface area (Å²) >= 11 is 0. The van der Waals surface area contributed by atoms with Crippen molar-refractivity contribution in [3.8, 4) is 0 Å². The van der Waals surface area contributed by atoms with Gasteiger partial charge in [0.05, 0.1) is 12.7 Å². The van der Waals surface area contributed by atoms with Crippen molar-refractivity contribution in [1.82, 2.24) is 0 Å². The molecule has 22 heavy (non-hydrogen) atoms. The van der Waals surface area contributed by atoms with Crippen LogP contribution in [0.4, 0.5) is 0 Å². The minimum absolute atomic E-state index is 0.00192. The van der Waals surface area contributed by atoms with Crippen molar-refractivity contribution in [3.05, 3.63) is 23.8 Å². The highest BCUT2D eigenvalue weighted by Crippen LogP contribution is 2.61. The van der Waals surface area contributed by atoms with Crippen LogP contribution in [0.5, 0.6) is 0 Å². The molecule has 4 atom stereocenters. The van der Waals surface area contributed by atoms with Crippen LogP contribution in [0.25, 0.3) is 0 Å². The van der Waals surface area contributed by atoms with Crippen molar-refractivity contribution in [3.63, 3.8) is 0 Å². The van der Waals surface area contributed by atoms with Crippen LogP contribution in [0.3, 0.4) is 0 Å². The zero-order valence-corrected chi connectivity index (χ0v) is 14.9. The molecule has 0 heterocycles. The van der Waals surface area contributed by atoms with E-state index in [1.807, 2.05) is 6.08 Å². The predicted octanol–water partition coefficient (Wildman–Crippen LogP) is 4.47. The SMILES string of the molecule is C=C1CC[C@H]2C(C)(C)[C@@H](O)CC[C@]2(C)[C@@H]1CC/C(C)=C/CO. The maximum atomic E-state index is 10.5. The number of fused-ring (bicyclic) bond motifs is 1. The second-order valence-electron chi connectivity index (χ2n) is 8.46. The molecule has 2 fully saturated rings. The van der Waals surface area contributed by atoms with E-state index < -0.39 is 0 Å². The van der Waals surface area contributed by atoms with E-state index in [-0.39, 0.29) is 23.5 Å². The van der Waals surface area contributed by atoms with Crippen LogP contribution in [0, 0.1) is 22.7 Å². The zero-order valence-electron chi connectivity index (χ0n) is 14.9. The van der Waals surface area contributed by atoms with Crippen LogP contribution >= 0.6 is 0 Å². The molecule has 0 spiro atoms. The number of rotatable bonds is 4. The van der Waals surface area contributed by atoms with E-state index in [4.69, 9.17) is 5.11 Å². The molecule has 2 nitrogen and oxygen atoms in total. The second kappa shape index (κ2) is 6.49. The van der Waals surface area contributed by atoms with Crippen molar-refractivity contribution in [2.45, 2.75) is 72.3 Å². The highest BCUT2D eigenvalue weighted by Gasteiger charge is 2.55. The van der Waals surface area contributed by atoms with Crippen molar-refractivity contribution >= 4 is 0 Å². The fraction of sp³-hybridized carbons (Fsp3) is 0.800. The highest BCUT2D eigenvalue weighted by molar-refractivity contribution is 5.17. The fourth-order valence-electron chi connectivity index (χ4n) is 5.33. The first-order valence-corrected chi connectivity index (χ1v) is 8.85. The standard InChI is InChI=1S/C20H34O2/c1-14(11-13-21)6-8-16-15(2)7-9-17-19(3,4)18(22)10-12-20(16,17)5/h11,16-18,21-22H,2,6-10,12-13H2,1,3-5H3/b14-11+/t16-,17+,18+,20-/m1/s1. The molecule has 2 aliphatic carbocycles. The van der Waals surface area contributed by atoms with Crippen LogP contribution in [0.15, 0.2) is 23.8 Å². The molecule has 2 N–H and O–H groups in total. The normalized spacial score (nSPS) is 38.7. The minimum atomic E-state index is -0.173. The van der Waals surface area contributed by atoms with Gasteiger partial charge < -0.3 is 10.2 Å². The third kappa shape index (κ3) is 3.05. The van der Waals surface area contributed by atoms with Gasteiger partial charge in [0.2, 0.25) is 0 Å².